The second kappa shape index (κ2) is 4.89. The summed E-state index contributed by atoms with van der Waals surface area (Å²) in [7, 11) is 1.60. The minimum Gasteiger partial charge on any atom is -0.396 e. The molecule has 0 aliphatic heterocycles. The summed E-state index contributed by atoms with van der Waals surface area (Å²) >= 11 is 0. The van der Waals surface area contributed by atoms with E-state index in [2.05, 4.69) is 4.99 Å². The molecule has 82 valence electrons. The van der Waals surface area contributed by atoms with Crippen molar-refractivity contribution in [2.75, 3.05) is 12.8 Å². The fourth-order valence-electron chi connectivity index (χ4n) is 1.52. The van der Waals surface area contributed by atoms with Crippen molar-refractivity contribution < 1.29 is 9.50 Å². The standard InChI is InChI=1S/C11H15FN2O/c1-3-7-4-8(5-14-2)11(13)10(12)9(7)6-15/h4-5,15H,3,6,13H2,1-2H3. The smallest absolute Gasteiger partial charge is 0.152 e. The lowest BCUT2D eigenvalue weighted by atomic mass is 10.00. The molecule has 0 bridgehead atoms. The zero-order valence-corrected chi connectivity index (χ0v) is 8.92. The Labute approximate surface area is 88.5 Å². The first-order valence-corrected chi connectivity index (χ1v) is 4.78. The number of nitrogen functional groups attached to an aromatic ring is 1. The average molecular weight is 210 g/mol. The minimum absolute atomic E-state index is 0.0434. The molecule has 1 aromatic carbocycles. The summed E-state index contributed by atoms with van der Waals surface area (Å²) in [4.78, 5) is 3.80. The van der Waals surface area contributed by atoms with Gasteiger partial charge in [-0.15, -0.1) is 0 Å². The van der Waals surface area contributed by atoms with Crippen molar-refractivity contribution in [3.63, 3.8) is 0 Å². The molecule has 0 spiro atoms. The van der Waals surface area contributed by atoms with Gasteiger partial charge in [-0.1, -0.05) is 6.92 Å². The zero-order chi connectivity index (χ0) is 11.4. The van der Waals surface area contributed by atoms with Crippen LogP contribution in [0, 0.1) is 5.82 Å². The van der Waals surface area contributed by atoms with Crippen molar-refractivity contribution in [3.8, 4) is 0 Å². The Kier molecular flexibility index (Phi) is 3.80. The topological polar surface area (TPSA) is 58.6 Å². The zero-order valence-electron chi connectivity index (χ0n) is 8.92. The van der Waals surface area contributed by atoms with E-state index in [4.69, 9.17) is 10.8 Å². The lowest BCUT2D eigenvalue weighted by Gasteiger charge is -2.11. The van der Waals surface area contributed by atoms with Gasteiger partial charge >= 0.3 is 0 Å². The number of aliphatic imine (C=N–C) groups is 1. The highest BCUT2D eigenvalue weighted by Gasteiger charge is 2.13. The second-order valence-corrected chi connectivity index (χ2v) is 3.23. The molecule has 0 aliphatic carbocycles. The van der Waals surface area contributed by atoms with Crippen LogP contribution in [0.25, 0.3) is 0 Å². The lowest BCUT2D eigenvalue weighted by molar-refractivity contribution is 0.274. The largest absolute Gasteiger partial charge is 0.396 e. The maximum atomic E-state index is 13.7. The summed E-state index contributed by atoms with van der Waals surface area (Å²) in [5.41, 5.74) is 7.24. The number of aliphatic hydroxyl groups excluding tert-OH is 1. The third-order valence-electron chi connectivity index (χ3n) is 2.34. The van der Waals surface area contributed by atoms with Crippen LogP contribution >= 0.6 is 0 Å². The SMILES string of the molecule is CCc1cc(C=NC)c(N)c(F)c1CO. The van der Waals surface area contributed by atoms with Crippen molar-refractivity contribution in [1.82, 2.24) is 0 Å². The van der Waals surface area contributed by atoms with E-state index in [9.17, 15) is 4.39 Å². The third-order valence-corrected chi connectivity index (χ3v) is 2.34. The molecule has 0 saturated carbocycles. The molecule has 0 radical (unpaired) electrons. The van der Waals surface area contributed by atoms with Gasteiger partial charge in [0.05, 0.1) is 12.3 Å². The van der Waals surface area contributed by atoms with Crippen LogP contribution < -0.4 is 5.73 Å². The predicted molar refractivity (Wildman–Crippen MR) is 59.6 cm³/mol. The van der Waals surface area contributed by atoms with E-state index >= 15 is 0 Å². The molecule has 0 fully saturated rings. The maximum absolute atomic E-state index is 13.7. The maximum Gasteiger partial charge on any atom is 0.152 e. The Bertz CT molecular complexity index is 389. The van der Waals surface area contributed by atoms with Crippen molar-refractivity contribution in [1.29, 1.82) is 0 Å². The summed E-state index contributed by atoms with van der Waals surface area (Å²) < 4.78 is 13.7. The van der Waals surface area contributed by atoms with Gasteiger partial charge in [-0.3, -0.25) is 4.99 Å². The number of hydrogen-bond acceptors (Lipinski definition) is 3. The summed E-state index contributed by atoms with van der Waals surface area (Å²) in [6.45, 7) is 1.57. The van der Waals surface area contributed by atoms with Crippen LogP contribution in [-0.4, -0.2) is 18.4 Å². The van der Waals surface area contributed by atoms with Gasteiger partial charge in [0, 0.05) is 24.4 Å². The predicted octanol–water partition coefficient (Wildman–Crippen LogP) is 1.51. The number of benzene rings is 1. The first-order chi connectivity index (χ1) is 7.15. The highest BCUT2D eigenvalue weighted by atomic mass is 19.1. The number of anilines is 1. The second-order valence-electron chi connectivity index (χ2n) is 3.23. The van der Waals surface area contributed by atoms with Gasteiger partial charge in [-0.25, -0.2) is 4.39 Å². The van der Waals surface area contributed by atoms with E-state index in [0.29, 0.717) is 12.0 Å². The average Bonchev–Trinajstić information content (AvgIpc) is 2.24. The molecule has 0 aliphatic rings. The van der Waals surface area contributed by atoms with E-state index in [1.54, 1.807) is 13.1 Å². The molecule has 0 amide bonds. The molecule has 0 atom stereocenters. The molecule has 0 saturated heterocycles. The number of nitrogens with zero attached hydrogens (tertiary/aromatic N) is 1. The number of hydrogen-bond donors (Lipinski definition) is 2. The summed E-state index contributed by atoms with van der Waals surface area (Å²) in [5, 5.41) is 9.05. The molecule has 3 nitrogen and oxygen atoms in total. The molecule has 0 aromatic heterocycles. The fourth-order valence-corrected chi connectivity index (χ4v) is 1.52. The van der Waals surface area contributed by atoms with Gasteiger partial charge in [-0.2, -0.15) is 0 Å². The molecule has 0 unspecified atom stereocenters. The molecule has 15 heavy (non-hydrogen) atoms. The van der Waals surface area contributed by atoms with Crippen LogP contribution in [0.2, 0.25) is 0 Å². The number of halogens is 1. The lowest BCUT2D eigenvalue weighted by Crippen LogP contribution is -2.06. The summed E-state index contributed by atoms with van der Waals surface area (Å²) in [5.74, 6) is -0.535. The van der Waals surface area contributed by atoms with E-state index in [1.165, 1.54) is 6.21 Å². The van der Waals surface area contributed by atoms with E-state index < -0.39 is 5.82 Å². The Balaban J connectivity index is 3.42. The Morgan fingerprint density at radius 3 is 2.73 bits per heavy atom. The van der Waals surface area contributed by atoms with Crippen LogP contribution in [0.3, 0.4) is 0 Å². The van der Waals surface area contributed by atoms with E-state index in [0.717, 1.165) is 5.56 Å². The minimum atomic E-state index is -0.535. The molecular weight excluding hydrogens is 195 g/mol. The van der Waals surface area contributed by atoms with Gasteiger partial charge in [0.1, 0.15) is 0 Å². The van der Waals surface area contributed by atoms with Crippen molar-refractivity contribution in [2.24, 2.45) is 4.99 Å². The normalized spacial score (nSPS) is 11.2. The molecule has 3 N–H and O–H groups in total. The van der Waals surface area contributed by atoms with Crippen molar-refractivity contribution >= 4 is 11.9 Å². The van der Waals surface area contributed by atoms with Gasteiger partial charge in [0.2, 0.25) is 0 Å². The third kappa shape index (κ3) is 2.15. The van der Waals surface area contributed by atoms with Crippen molar-refractivity contribution in [3.05, 3.63) is 28.6 Å². The van der Waals surface area contributed by atoms with Crippen LogP contribution in [0.15, 0.2) is 11.1 Å². The molecule has 4 heteroatoms. The first kappa shape index (κ1) is 11.7. The van der Waals surface area contributed by atoms with Gasteiger partial charge < -0.3 is 10.8 Å². The summed E-state index contributed by atoms with van der Waals surface area (Å²) in [6, 6.07) is 1.76. The fraction of sp³-hybridized carbons (Fsp3) is 0.364. The number of aliphatic hydroxyl groups is 1. The number of aryl methyl sites for hydroxylation is 1. The van der Waals surface area contributed by atoms with Crippen molar-refractivity contribution in [2.45, 2.75) is 20.0 Å². The Morgan fingerprint density at radius 1 is 1.60 bits per heavy atom. The van der Waals surface area contributed by atoms with E-state index in [-0.39, 0.29) is 17.9 Å². The highest BCUT2D eigenvalue weighted by molar-refractivity contribution is 5.87. The highest BCUT2D eigenvalue weighted by Crippen LogP contribution is 2.23. The molecule has 1 rings (SSSR count). The monoisotopic (exact) mass is 210 g/mol. The summed E-state index contributed by atoms with van der Waals surface area (Å²) in [6.07, 6.45) is 2.16. The van der Waals surface area contributed by atoms with E-state index in [1.807, 2.05) is 6.92 Å². The van der Waals surface area contributed by atoms with Gasteiger partial charge in [0.25, 0.3) is 0 Å². The number of nitrogens with two attached hydrogens (primary N) is 1. The Morgan fingerprint density at radius 2 is 2.27 bits per heavy atom. The quantitative estimate of drug-likeness (QED) is 0.587. The van der Waals surface area contributed by atoms with Crippen LogP contribution in [0.4, 0.5) is 10.1 Å². The number of rotatable bonds is 3. The van der Waals surface area contributed by atoms with Crippen LogP contribution in [0.1, 0.15) is 23.6 Å². The first-order valence-electron chi connectivity index (χ1n) is 4.78. The molecule has 0 heterocycles. The van der Waals surface area contributed by atoms with Gasteiger partial charge in [-0.05, 0) is 18.1 Å². The van der Waals surface area contributed by atoms with Gasteiger partial charge in [0.15, 0.2) is 5.82 Å². The Hall–Kier alpha value is -1.42. The molecular formula is C11H15FN2O. The molecule has 1 aromatic rings. The van der Waals surface area contributed by atoms with Crippen LogP contribution in [0.5, 0.6) is 0 Å². The van der Waals surface area contributed by atoms with Crippen LogP contribution in [-0.2, 0) is 13.0 Å².